The monoisotopic (exact) mass is 424 g/mol. The Morgan fingerprint density at radius 2 is 1.66 bits per heavy atom. The van der Waals surface area contributed by atoms with Gasteiger partial charge in [-0.1, -0.05) is 54.6 Å². The summed E-state index contributed by atoms with van der Waals surface area (Å²) in [5.41, 5.74) is 3.36. The van der Waals surface area contributed by atoms with Crippen LogP contribution in [0.3, 0.4) is 0 Å². The summed E-state index contributed by atoms with van der Waals surface area (Å²) in [6.07, 6.45) is 8.81. The van der Waals surface area contributed by atoms with E-state index in [1.165, 1.54) is 23.8 Å². The largest absolute Gasteiger partial charge is 0.493 e. The molecule has 0 amide bonds. The molecule has 0 aliphatic heterocycles. The third-order valence-electron chi connectivity index (χ3n) is 6.18. The second kappa shape index (κ2) is 9.31. The second-order valence-electron chi connectivity index (χ2n) is 8.31. The standard InChI is InChI=1S/C28H28N2O2/c1-31-27-16-15-23(17-28(27)32-24-12-6-7-13-24)30(20-21-9-3-2-4-10-21)26-19-29-18-22-11-5-8-14-25(22)26/h2-5,8-11,14-19,24H,6-7,12-13,20H2,1H3. The van der Waals surface area contributed by atoms with Gasteiger partial charge in [-0.3, -0.25) is 4.98 Å². The van der Waals surface area contributed by atoms with Crippen LogP contribution in [0.2, 0.25) is 0 Å². The van der Waals surface area contributed by atoms with Crippen molar-refractivity contribution in [2.45, 2.75) is 38.3 Å². The molecular formula is C28H28N2O2. The highest BCUT2D eigenvalue weighted by atomic mass is 16.5. The number of fused-ring (bicyclic) bond motifs is 1. The molecule has 1 aromatic heterocycles. The minimum Gasteiger partial charge on any atom is -0.493 e. The van der Waals surface area contributed by atoms with Gasteiger partial charge in [0.15, 0.2) is 11.5 Å². The fraction of sp³-hybridized carbons (Fsp3) is 0.250. The quantitative estimate of drug-likeness (QED) is 0.323. The number of rotatable bonds is 7. The average molecular weight is 425 g/mol. The van der Waals surface area contributed by atoms with Gasteiger partial charge in [-0.05, 0) is 43.4 Å². The first-order chi connectivity index (χ1) is 15.8. The van der Waals surface area contributed by atoms with Crippen molar-refractivity contribution >= 4 is 22.1 Å². The van der Waals surface area contributed by atoms with E-state index >= 15 is 0 Å². The SMILES string of the molecule is COc1ccc(N(Cc2ccccc2)c2cncc3ccccc23)cc1OC1CCCC1. The zero-order valence-electron chi connectivity index (χ0n) is 18.4. The van der Waals surface area contributed by atoms with Crippen LogP contribution in [0.25, 0.3) is 10.8 Å². The summed E-state index contributed by atoms with van der Waals surface area (Å²) >= 11 is 0. The Kier molecular flexibility index (Phi) is 5.93. The number of methoxy groups -OCH3 is 1. The molecule has 0 unspecified atom stereocenters. The van der Waals surface area contributed by atoms with Gasteiger partial charge in [-0.25, -0.2) is 0 Å². The third kappa shape index (κ3) is 4.26. The fourth-order valence-electron chi connectivity index (χ4n) is 4.51. The highest BCUT2D eigenvalue weighted by Crippen LogP contribution is 2.39. The summed E-state index contributed by atoms with van der Waals surface area (Å²) in [6.45, 7) is 0.728. The third-order valence-corrected chi connectivity index (χ3v) is 6.18. The summed E-state index contributed by atoms with van der Waals surface area (Å²) in [4.78, 5) is 6.85. The zero-order valence-corrected chi connectivity index (χ0v) is 18.4. The normalized spacial score (nSPS) is 13.9. The maximum Gasteiger partial charge on any atom is 0.163 e. The molecule has 1 aliphatic carbocycles. The molecule has 162 valence electrons. The number of anilines is 2. The predicted octanol–water partition coefficient (Wildman–Crippen LogP) is 6.90. The first-order valence-electron chi connectivity index (χ1n) is 11.3. The Labute approximate surface area is 189 Å². The number of benzene rings is 3. The molecular weight excluding hydrogens is 396 g/mol. The van der Waals surface area contributed by atoms with E-state index in [-0.39, 0.29) is 6.10 Å². The van der Waals surface area contributed by atoms with Gasteiger partial charge in [0.05, 0.1) is 25.1 Å². The van der Waals surface area contributed by atoms with Crippen LogP contribution in [-0.4, -0.2) is 18.2 Å². The van der Waals surface area contributed by atoms with Crippen molar-refractivity contribution in [1.82, 2.24) is 4.98 Å². The highest BCUT2D eigenvalue weighted by molar-refractivity contribution is 5.95. The van der Waals surface area contributed by atoms with Crippen LogP contribution in [0.5, 0.6) is 11.5 Å². The number of pyridine rings is 1. The number of aromatic nitrogens is 1. The number of nitrogens with zero attached hydrogens (tertiary/aromatic N) is 2. The molecule has 4 nitrogen and oxygen atoms in total. The van der Waals surface area contributed by atoms with E-state index in [4.69, 9.17) is 9.47 Å². The molecule has 1 aliphatic rings. The van der Waals surface area contributed by atoms with Gasteiger partial charge in [0.25, 0.3) is 0 Å². The Balaban J connectivity index is 1.60. The molecule has 4 heteroatoms. The maximum absolute atomic E-state index is 6.39. The number of hydrogen-bond donors (Lipinski definition) is 0. The molecule has 0 radical (unpaired) electrons. The lowest BCUT2D eigenvalue weighted by molar-refractivity contribution is 0.201. The van der Waals surface area contributed by atoms with E-state index in [0.717, 1.165) is 47.6 Å². The Morgan fingerprint density at radius 1 is 0.875 bits per heavy atom. The lowest BCUT2D eigenvalue weighted by Gasteiger charge is -2.27. The Bertz CT molecular complexity index is 1180. The Hall–Kier alpha value is -3.53. The van der Waals surface area contributed by atoms with Crippen LogP contribution in [-0.2, 0) is 6.54 Å². The fourth-order valence-corrected chi connectivity index (χ4v) is 4.51. The number of ether oxygens (including phenoxy) is 2. The van der Waals surface area contributed by atoms with E-state index in [2.05, 4.69) is 70.5 Å². The lowest BCUT2D eigenvalue weighted by atomic mass is 10.1. The van der Waals surface area contributed by atoms with Crippen LogP contribution in [0.4, 0.5) is 11.4 Å². The van der Waals surface area contributed by atoms with Gasteiger partial charge < -0.3 is 14.4 Å². The topological polar surface area (TPSA) is 34.6 Å². The molecule has 0 saturated heterocycles. The molecule has 0 N–H and O–H groups in total. The Morgan fingerprint density at radius 3 is 2.47 bits per heavy atom. The summed E-state index contributed by atoms with van der Waals surface area (Å²) in [5, 5.41) is 2.30. The van der Waals surface area contributed by atoms with Gasteiger partial charge in [-0.2, -0.15) is 0 Å². The van der Waals surface area contributed by atoms with Gasteiger partial charge in [-0.15, -0.1) is 0 Å². The molecule has 0 bridgehead atoms. The van der Waals surface area contributed by atoms with Crippen molar-refractivity contribution in [1.29, 1.82) is 0 Å². The molecule has 5 rings (SSSR count). The van der Waals surface area contributed by atoms with E-state index in [9.17, 15) is 0 Å². The summed E-state index contributed by atoms with van der Waals surface area (Å²) in [5.74, 6) is 1.58. The van der Waals surface area contributed by atoms with Crippen LogP contribution >= 0.6 is 0 Å². The smallest absolute Gasteiger partial charge is 0.163 e. The van der Waals surface area contributed by atoms with Crippen LogP contribution in [0.15, 0.2) is 85.2 Å². The molecule has 1 saturated carbocycles. The van der Waals surface area contributed by atoms with Crippen molar-refractivity contribution < 1.29 is 9.47 Å². The van der Waals surface area contributed by atoms with Gasteiger partial charge in [0.2, 0.25) is 0 Å². The van der Waals surface area contributed by atoms with E-state index in [0.29, 0.717) is 0 Å². The number of hydrogen-bond acceptors (Lipinski definition) is 4. The summed E-state index contributed by atoms with van der Waals surface area (Å²) in [7, 11) is 1.70. The summed E-state index contributed by atoms with van der Waals surface area (Å²) < 4.78 is 12.0. The maximum atomic E-state index is 6.39. The molecule has 1 heterocycles. The predicted molar refractivity (Wildman–Crippen MR) is 130 cm³/mol. The lowest BCUT2D eigenvalue weighted by Crippen LogP contribution is -2.18. The van der Waals surface area contributed by atoms with Crippen molar-refractivity contribution in [3.8, 4) is 11.5 Å². The van der Waals surface area contributed by atoms with Crippen molar-refractivity contribution in [3.63, 3.8) is 0 Å². The molecule has 0 atom stereocenters. The minimum absolute atomic E-state index is 0.265. The first kappa shape index (κ1) is 20.4. The molecule has 32 heavy (non-hydrogen) atoms. The van der Waals surface area contributed by atoms with Gasteiger partial charge in [0, 0.05) is 35.3 Å². The van der Waals surface area contributed by atoms with E-state index in [1.807, 2.05) is 24.5 Å². The highest BCUT2D eigenvalue weighted by Gasteiger charge is 2.21. The van der Waals surface area contributed by atoms with Crippen molar-refractivity contribution in [2.75, 3.05) is 12.0 Å². The molecule has 0 spiro atoms. The average Bonchev–Trinajstić information content (AvgIpc) is 3.36. The summed E-state index contributed by atoms with van der Waals surface area (Å²) in [6, 6.07) is 25.1. The van der Waals surface area contributed by atoms with Crippen LogP contribution < -0.4 is 14.4 Å². The molecule has 4 aromatic rings. The van der Waals surface area contributed by atoms with Gasteiger partial charge >= 0.3 is 0 Å². The van der Waals surface area contributed by atoms with Gasteiger partial charge in [0.1, 0.15) is 0 Å². The zero-order chi connectivity index (χ0) is 21.8. The molecule has 1 fully saturated rings. The van der Waals surface area contributed by atoms with Crippen molar-refractivity contribution in [2.24, 2.45) is 0 Å². The van der Waals surface area contributed by atoms with E-state index < -0.39 is 0 Å². The second-order valence-corrected chi connectivity index (χ2v) is 8.31. The molecule has 3 aromatic carbocycles. The first-order valence-corrected chi connectivity index (χ1v) is 11.3. The minimum atomic E-state index is 0.265. The van der Waals surface area contributed by atoms with Crippen molar-refractivity contribution in [3.05, 3.63) is 90.8 Å². The van der Waals surface area contributed by atoms with E-state index in [1.54, 1.807) is 7.11 Å². The van der Waals surface area contributed by atoms with Crippen LogP contribution in [0.1, 0.15) is 31.2 Å². The van der Waals surface area contributed by atoms with Crippen LogP contribution in [0, 0.1) is 0 Å².